The number of nitrogens with one attached hydrogen (secondary N) is 2. The number of hydrogen-bond donors (Lipinski definition) is 2. The lowest BCUT2D eigenvalue weighted by atomic mass is 10.2. The first-order valence-electron chi connectivity index (χ1n) is 5.94. The van der Waals surface area contributed by atoms with E-state index in [-0.39, 0.29) is 28.7 Å². The highest BCUT2D eigenvalue weighted by atomic mass is 35.5. The minimum absolute atomic E-state index is 0.0487. The quantitative estimate of drug-likeness (QED) is 0.470. The smallest absolute Gasteiger partial charge is 0.341 e. The lowest BCUT2D eigenvalue weighted by Crippen LogP contribution is -2.23. The maximum atomic E-state index is 11.8. The molecule has 8 nitrogen and oxygen atoms in total. The summed E-state index contributed by atoms with van der Waals surface area (Å²) in [5, 5.41) is 10.8. The van der Waals surface area contributed by atoms with Crippen LogP contribution < -0.4 is 10.9 Å². The van der Waals surface area contributed by atoms with Crippen molar-refractivity contribution in [2.24, 2.45) is 0 Å². The average molecular weight is 303 g/mol. The molecule has 9 heteroatoms. The number of carbonyl (C=O) groups excluding carboxylic acids is 1. The molecule has 0 spiro atoms. The molecule has 0 saturated carbocycles. The molecule has 1 aromatic heterocycles. The van der Waals surface area contributed by atoms with E-state index < -0.39 is 16.6 Å². The van der Waals surface area contributed by atoms with Crippen LogP contribution in [0.5, 0.6) is 0 Å². The Balaban J connectivity index is 3.40. The fourth-order valence-corrected chi connectivity index (χ4v) is 1.90. The van der Waals surface area contributed by atoms with Crippen molar-refractivity contribution in [1.29, 1.82) is 0 Å². The van der Waals surface area contributed by atoms with E-state index in [0.29, 0.717) is 6.54 Å². The van der Waals surface area contributed by atoms with Crippen molar-refractivity contribution in [2.75, 3.05) is 18.6 Å². The van der Waals surface area contributed by atoms with Crippen LogP contribution >= 0.6 is 11.6 Å². The van der Waals surface area contributed by atoms with Crippen molar-refractivity contribution in [1.82, 2.24) is 10.4 Å². The largest absolute Gasteiger partial charge is 0.462 e. The van der Waals surface area contributed by atoms with Crippen LogP contribution in [-0.4, -0.2) is 29.0 Å². The molecule has 1 heterocycles. The Hall–Kier alpha value is -1.93. The van der Waals surface area contributed by atoms with E-state index in [9.17, 15) is 14.9 Å². The van der Waals surface area contributed by atoms with Crippen molar-refractivity contribution in [3.05, 3.63) is 26.4 Å². The fourth-order valence-electron chi connectivity index (χ4n) is 1.52. The molecule has 0 unspecified atom stereocenters. The summed E-state index contributed by atoms with van der Waals surface area (Å²) in [7, 11) is 0. The number of ether oxygens (including phenoxy) is 1. The van der Waals surface area contributed by atoms with E-state index in [2.05, 4.69) is 15.8 Å². The Kier molecular flexibility index (Phi) is 5.66. The van der Waals surface area contributed by atoms with Crippen molar-refractivity contribution < 1.29 is 14.5 Å². The van der Waals surface area contributed by atoms with Crippen LogP contribution in [0, 0.1) is 17.0 Å². The van der Waals surface area contributed by atoms with E-state index in [1.165, 1.54) is 6.92 Å². The molecule has 0 atom stereocenters. The zero-order valence-electron chi connectivity index (χ0n) is 11.3. The summed E-state index contributed by atoms with van der Waals surface area (Å²) in [5.41, 5.74) is 4.96. The Morgan fingerprint density at radius 2 is 2.15 bits per heavy atom. The number of halogens is 1. The predicted molar refractivity (Wildman–Crippen MR) is 73.9 cm³/mol. The second-order valence-electron chi connectivity index (χ2n) is 3.72. The van der Waals surface area contributed by atoms with Gasteiger partial charge in [-0.1, -0.05) is 18.5 Å². The number of nitro groups is 1. The number of hydrazine groups is 1. The van der Waals surface area contributed by atoms with Crippen LogP contribution in [0.2, 0.25) is 5.02 Å². The second kappa shape index (κ2) is 7.01. The third kappa shape index (κ3) is 3.34. The maximum absolute atomic E-state index is 11.8. The van der Waals surface area contributed by atoms with Gasteiger partial charge in [0.2, 0.25) is 5.82 Å². The molecule has 0 aliphatic rings. The lowest BCUT2D eigenvalue weighted by molar-refractivity contribution is -0.384. The molecule has 0 saturated heterocycles. The van der Waals surface area contributed by atoms with Gasteiger partial charge in [0, 0.05) is 6.54 Å². The van der Waals surface area contributed by atoms with E-state index in [0.717, 1.165) is 0 Å². The number of aryl methyl sites for hydroxylation is 1. The van der Waals surface area contributed by atoms with E-state index >= 15 is 0 Å². The SMILES string of the molecule is CCNNc1nc(C)c(C(=O)OCC)c(Cl)c1[N+](=O)[O-]. The van der Waals surface area contributed by atoms with Gasteiger partial charge in [-0.3, -0.25) is 15.5 Å². The summed E-state index contributed by atoms with van der Waals surface area (Å²) >= 11 is 5.97. The van der Waals surface area contributed by atoms with E-state index in [1.54, 1.807) is 13.8 Å². The predicted octanol–water partition coefficient (Wildman–Crippen LogP) is 2.06. The first-order valence-corrected chi connectivity index (χ1v) is 6.32. The molecule has 0 aromatic carbocycles. The van der Waals surface area contributed by atoms with Crippen molar-refractivity contribution in [3.63, 3.8) is 0 Å². The van der Waals surface area contributed by atoms with Crippen LogP contribution in [0.1, 0.15) is 29.9 Å². The lowest BCUT2D eigenvalue weighted by Gasteiger charge is -2.12. The molecule has 1 aromatic rings. The van der Waals surface area contributed by atoms with Gasteiger partial charge >= 0.3 is 11.7 Å². The Bertz CT molecular complexity index is 536. The maximum Gasteiger partial charge on any atom is 0.341 e. The van der Waals surface area contributed by atoms with Crippen LogP contribution in [0.4, 0.5) is 11.5 Å². The van der Waals surface area contributed by atoms with Crippen molar-refractivity contribution >= 4 is 29.1 Å². The monoisotopic (exact) mass is 302 g/mol. The van der Waals surface area contributed by atoms with Gasteiger partial charge in [-0.05, 0) is 13.8 Å². The van der Waals surface area contributed by atoms with E-state index in [4.69, 9.17) is 16.3 Å². The Morgan fingerprint density at radius 1 is 1.50 bits per heavy atom. The van der Waals surface area contributed by atoms with Crippen LogP contribution in [0.15, 0.2) is 0 Å². The molecular weight excluding hydrogens is 288 g/mol. The highest BCUT2D eigenvalue weighted by Crippen LogP contribution is 2.35. The van der Waals surface area contributed by atoms with Gasteiger partial charge in [-0.25, -0.2) is 15.2 Å². The molecule has 0 amide bonds. The fraction of sp³-hybridized carbons (Fsp3) is 0.455. The zero-order chi connectivity index (χ0) is 15.3. The third-order valence-electron chi connectivity index (χ3n) is 2.34. The van der Waals surface area contributed by atoms with Gasteiger partial charge in [-0.2, -0.15) is 0 Å². The topological polar surface area (TPSA) is 106 Å². The van der Waals surface area contributed by atoms with Crippen LogP contribution in [0.25, 0.3) is 0 Å². The molecule has 0 radical (unpaired) electrons. The summed E-state index contributed by atoms with van der Waals surface area (Å²) in [6, 6.07) is 0. The number of nitrogens with zero attached hydrogens (tertiary/aromatic N) is 2. The number of carbonyl (C=O) groups is 1. The second-order valence-corrected chi connectivity index (χ2v) is 4.09. The Labute approximate surface area is 120 Å². The number of aromatic nitrogens is 1. The standard InChI is InChI=1S/C11H15ClN4O4/c1-4-13-15-10-9(16(18)19)8(12)7(6(3)14-10)11(17)20-5-2/h13H,4-5H2,1-3H3,(H,14,15). The van der Waals surface area contributed by atoms with Gasteiger partial charge < -0.3 is 4.74 Å². The number of pyridine rings is 1. The first kappa shape index (κ1) is 16.1. The first-order chi connectivity index (χ1) is 9.43. The van der Waals surface area contributed by atoms with Gasteiger partial charge in [-0.15, -0.1) is 0 Å². The molecule has 2 N–H and O–H groups in total. The molecule has 0 aliphatic carbocycles. The van der Waals surface area contributed by atoms with Crippen molar-refractivity contribution in [3.8, 4) is 0 Å². The summed E-state index contributed by atoms with van der Waals surface area (Å²) in [6.07, 6.45) is 0. The number of hydrogen-bond acceptors (Lipinski definition) is 7. The van der Waals surface area contributed by atoms with Gasteiger partial charge in [0.05, 0.1) is 17.2 Å². The molecule has 0 fully saturated rings. The zero-order valence-corrected chi connectivity index (χ0v) is 12.1. The molecule has 110 valence electrons. The molecular formula is C11H15ClN4O4. The van der Waals surface area contributed by atoms with E-state index in [1.807, 2.05) is 0 Å². The molecule has 1 rings (SSSR count). The minimum atomic E-state index is -0.736. The summed E-state index contributed by atoms with van der Waals surface area (Å²) in [5.74, 6) is -0.784. The molecule has 20 heavy (non-hydrogen) atoms. The molecule has 0 aliphatic heterocycles. The van der Waals surface area contributed by atoms with Gasteiger partial charge in [0.15, 0.2) is 0 Å². The number of anilines is 1. The number of esters is 1. The minimum Gasteiger partial charge on any atom is -0.462 e. The normalized spacial score (nSPS) is 10.2. The summed E-state index contributed by atoms with van der Waals surface area (Å²) in [6.45, 7) is 5.62. The van der Waals surface area contributed by atoms with Crippen molar-refractivity contribution in [2.45, 2.75) is 20.8 Å². The Morgan fingerprint density at radius 3 is 2.65 bits per heavy atom. The van der Waals surface area contributed by atoms with Crippen LogP contribution in [-0.2, 0) is 4.74 Å². The number of rotatable bonds is 6. The third-order valence-corrected chi connectivity index (χ3v) is 2.71. The van der Waals surface area contributed by atoms with Crippen LogP contribution in [0.3, 0.4) is 0 Å². The molecule has 0 bridgehead atoms. The van der Waals surface area contributed by atoms with Gasteiger partial charge in [0.25, 0.3) is 0 Å². The van der Waals surface area contributed by atoms with Gasteiger partial charge in [0.1, 0.15) is 10.6 Å². The highest BCUT2D eigenvalue weighted by molar-refractivity contribution is 6.36. The summed E-state index contributed by atoms with van der Waals surface area (Å²) in [4.78, 5) is 26.2. The average Bonchev–Trinajstić information content (AvgIpc) is 2.35. The summed E-state index contributed by atoms with van der Waals surface area (Å²) < 4.78 is 4.82. The highest BCUT2D eigenvalue weighted by Gasteiger charge is 2.29.